The van der Waals surface area contributed by atoms with Gasteiger partial charge in [0.15, 0.2) is 0 Å². The molecule has 0 spiro atoms. The zero-order valence-electron chi connectivity index (χ0n) is 10.8. The molecule has 1 N–H and O–H groups in total. The van der Waals surface area contributed by atoms with Crippen LogP contribution in [0.3, 0.4) is 0 Å². The molecule has 1 aliphatic heterocycles. The Balaban J connectivity index is 1.91. The Labute approximate surface area is 120 Å². The third kappa shape index (κ3) is 3.75. The number of non-ortho nitro benzene ring substituents is 1. The van der Waals surface area contributed by atoms with E-state index in [1.165, 1.54) is 12.1 Å². The summed E-state index contributed by atoms with van der Waals surface area (Å²) >= 11 is 3.37. The van der Waals surface area contributed by atoms with Crippen LogP contribution in [0.25, 0.3) is 0 Å². The molecule has 104 valence electrons. The SMILES string of the molecule is CC1(CNCc2ccc([N+](=O)[O-])cc2Br)CCCO1. The van der Waals surface area contributed by atoms with Gasteiger partial charge in [-0.15, -0.1) is 0 Å². The lowest BCUT2D eigenvalue weighted by Crippen LogP contribution is -2.36. The Morgan fingerprint density at radius 1 is 1.58 bits per heavy atom. The molecular weight excluding hydrogens is 312 g/mol. The second kappa shape index (κ2) is 5.98. The van der Waals surface area contributed by atoms with Crippen LogP contribution in [0, 0.1) is 10.1 Å². The lowest BCUT2D eigenvalue weighted by atomic mass is 10.0. The molecule has 6 heteroatoms. The standard InChI is InChI=1S/C13H17BrN2O3/c1-13(5-2-6-19-13)9-15-8-10-3-4-11(16(17)18)7-12(10)14/h3-4,7,15H,2,5-6,8-9H2,1H3. The number of hydrogen-bond acceptors (Lipinski definition) is 4. The topological polar surface area (TPSA) is 64.4 Å². The Morgan fingerprint density at radius 3 is 2.95 bits per heavy atom. The Bertz CT molecular complexity index is 473. The zero-order chi connectivity index (χ0) is 13.9. The fraction of sp³-hybridized carbons (Fsp3) is 0.538. The largest absolute Gasteiger partial charge is 0.374 e. The molecule has 1 saturated heterocycles. The number of hydrogen-bond donors (Lipinski definition) is 1. The Hall–Kier alpha value is -0.980. The molecule has 19 heavy (non-hydrogen) atoms. The zero-order valence-corrected chi connectivity index (χ0v) is 12.4. The normalized spacial score (nSPS) is 22.6. The molecule has 0 aromatic heterocycles. The van der Waals surface area contributed by atoms with Gasteiger partial charge in [0.05, 0.1) is 10.5 Å². The number of nitrogens with one attached hydrogen (secondary N) is 1. The number of nitro groups is 1. The van der Waals surface area contributed by atoms with Gasteiger partial charge in [0.25, 0.3) is 5.69 Å². The molecule has 5 nitrogen and oxygen atoms in total. The van der Waals surface area contributed by atoms with E-state index in [0.29, 0.717) is 6.54 Å². The Morgan fingerprint density at radius 2 is 2.37 bits per heavy atom. The summed E-state index contributed by atoms with van der Waals surface area (Å²) in [5.41, 5.74) is 1.03. The van der Waals surface area contributed by atoms with E-state index >= 15 is 0 Å². The highest BCUT2D eigenvalue weighted by Gasteiger charge is 2.29. The van der Waals surface area contributed by atoms with Crippen molar-refractivity contribution >= 4 is 21.6 Å². The fourth-order valence-electron chi connectivity index (χ4n) is 2.23. The van der Waals surface area contributed by atoms with E-state index in [4.69, 9.17) is 4.74 Å². The van der Waals surface area contributed by atoms with Gasteiger partial charge in [-0.25, -0.2) is 0 Å². The second-order valence-electron chi connectivity index (χ2n) is 5.04. The summed E-state index contributed by atoms with van der Waals surface area (Å²) in [6.45, 7) is 4.39. The van der Waals surface area contributed by atoms with Crippen LogP contribution >= 0.6 is 15.9 Å². The molecule has 0 saturated carbocycles. The van der Waals surface area contributed by atoms with E-state index in [0.717, 1.165) is 36.0 Å². The molecule has 1 heterocycles. The first-order valence-electron chi connectivity index (χ1n) is 6.28. The van der Waals surface area contributed by atoms with Crippen molar-refractivity contribution in [3.63, 3.8) is 0 Å². The van der Waals surface area contributed by atoms with Crippen molar-refractivity contribution in [2.24, 2.45) is 0 Å². The van der Waals surface area contributed by atoms with Crippen molar-refractivity contribution in [1.29, 1.82) is 0 Å². The van der Waals surface area contributed by atoms with Gasteiger partial charge in [-0.1, -0.05) is 15.9 Å². The van der Waals surface area contributed by atoms with Crippen LogP contribution in [0.4, 0.5) is 5.69 Å². The average Bonchev–Trinajstić information content (AvgIpc) is 2.78. The predicted octanol–water partition coefficient (Wildman–Crippen LogP) is 3.02. The Kier molecular flexibility index (Phi) is 4.54. The van der Waals surface area contributed by atoms with Crippen LogP contribution in [0.2, 0.25) is 0 Å². The van der Waals surface area contributed by atoms with E-state index in [9.17, 15) is 10.1 Å². The van der Waals surface area contributed by atoms with Crippen molar-refractivity contribution in [2.45, 2.75) is 31.9 Å². The van der Waals surface area contributed by atoms with Crippen molar-refractivity contribution < 1.29 is 9.66 Å². The molecule has 1 aliphatic rings. The van der Waals surface area contributed by atoms with Crippen molar-refractivity contribution in [3.8, 4) is 0 Å². The van der Waals surface area contributed by atoms with Crippen molar-refractivity contribution in [1.82, 2.24) is 5.32 Å². The van der Waals surface area contributed by atoms with Gasteiger partial charge in [-0.05, 0) is 31.4 Å². The van der Waals surface area contributed by atoms with Crippen molar-refractivity contribution in [3.05, 3.63) is 38.3 Å². The molecule has 0 aliphatic carbocycles. The van der Waals surface area contributed by atoms with Crippen molar-refractivity contribution in [2.75, 3.05) is 13.2 Å². The minimum absolute atomic E-state index is 0.0761. The minimum atomic E-state index is -0.393. The van der Waals surface area contributed by atoms with E-state index in [2.05, 4.69) is 28.2 Å². The summed E-state index contributed by atoms with van der Waals surface area (Å²) in [5.74, 6) is 0. The monoisotopic (exact) mass is 328 g/mol. The van der Waals surface area contributed by atoms with Crippen LogP contribution in [-0.2, 0) is 11.3 Å². The molecule has 1 aromatic rings. The second-order valence-corrected chi connectivity index (χ2v) is 5.89. The number of nitrogens with zero attached hydrogens (tertiary/aromatic N) is 1. The first-order chi connectivity index (χ1) is 9.00. The lowest BCUT2D eigenvalue weighted by molar-refractivity contribution is -0.384. The summed E-state index contributed by atoms with van der Waals surface area (Å²) in [6, 6.07) is 4.83. The number of halogens is 1. The van der Waals surface area contributed by atoms with Gasteiger partial charge in [-0.2, -0.15) is 0 Å². The lowest BCUT2D eigenvalue weighted by Gasteiger charge is -2.23. The maximum Gasteiger partial charge on any atom is 0.270 e. The van der Waals surface area contributed by atoms with Crippen LogP contribution in [0.5, 0.6) is 0 Å². The molecular formula is C13H17BrN2O3. The molecule has 0 amide bonds. The fourth-order valence-corrected chi connectivity index (χ4v) is 2.74. The highest BCUT2D eigenvalue weighted by atomic mass is 79.9. The van der Waals surface area contributed by atoms with Crippen LogP contribution < -0.4 is 5.32 Å². The van der Waals surface area contributed by atoms with Gasteiger partial charge in [0, 0.05) is 36.3 Å². The molecule has 1 atom stereocenters. The average molecular weight is 329 g/mol. The third-order valence-corrected chi connectivity index (χ3v) is 4.10. The number of rotatable bonds is 5. The summed E-state index contributed by atoms with van der Waals surface area (Å²) in [7, 11) is 0. The molecule has 0 bridgehead atoms. The van der Waals surface area contributed by atoms with Gasteiger partial charge in [-0.3, -0.25) is 10.1 Å². The van der Waals surface area contributed by atoms with Gasteiger partial charge in [0.2, 0.25) is 0 Å². The maximum atomic E-state index is 10.6. The number of nitro benzene ring substituents is 1. The maximum absolute atomic E-state index is 10.6. The molecule has 1 unspecified atom stereocenters. The van der Waals surface area contributed by atoms with Gasteiger partial charge < -0.3 is 10.1 Å². The van der Waals surface area contributed by atoms with Crippen LogP contribution in [0.1, 0.15) is 25.3 Å². The minimum Gasteiger partial charge on any atom is -0.374 e. The first kappa shape index (κ1) is 14.4. The van der Waals surface area contributed by atoms with E-state index in [1.54, 1.807) is 6.07 Å². The highest BCUT2D eigenvalue weighted by Crippen LogP contribution is 2.25. The van der Waals surface area contributed by atoms with Gasteiger partial charge in [0.1, 0.15) is 0 Å². The summed E-state index contributed by atoms with van der Waals surface area (Å²) in [5, 5.41) is 14.0. The highest BCUT2D eigenvalue weighted by molar-refractivity contribution is 9.10. The van der Waals surface area contributed by atoms with E-state index < -0.39 is 4.92 Å². The van der Waals surface area contributed by atoms with E-state index in [1.807, 2.05) is 0 Å². The van der Waals surface area contributed by atoms with Crippen LogP contribution in [0.15, 0.2) is 22.7 Å². The van der Waals surface area contributed by atoms with E-state index in [-0.39, 0.29) is 11.3 Å². The first-order valence-corrected chi connectivity index (χ1v) is 7.07. The third-order valence-electron chi connectivity index (χ3n) is 3.36. The van der Waals surface area contributed by atoms with Crippen LogP contribution in [-0.4, -0.2) is 23.7 Å². The smallest absolute Gasteiger partial charge is 0.270 e. The number of benzene rings is 1. The molecule has 1 aromatic carbocycles. The molecule has 0 radical (unpaired) electrons. The quantitative estimate of drug-likeness (QED) is 0.666. The summed E-state index contributed by atoms with van der Waals surface area (Å²) < 4.78 is 6.45. The summed E-state index contributed by atoms with van der Waals surface area (Å²) in [4.78, 5) is 10.3. The number of ether oxygens (including phenoxy) is 1. The predicted molar refractivity (Wildman–Crippen MR) is 76.1 cm³/mol. The van der Waals surface area contributed by atoms with Gasteiger partial charge >= 0.3 is 0 Å². The molecule has 2 rings (SSSR count). The summed E-state index contributed by atoms with van der Waals surface area (Å²) in [6.07, 6.45) is 2.18. The molecule has 1 fully saturated rings.